The Morgan fingerprint density at radius 2 is 1.62 bits per heavy atom. The van der Waals surface area contributed by atoms with E-state index < -0.39 is 27.9 Å². The van der Waals surface area contributed by atoms with Crippen LogP contribution in [0.1, 0.15) is 25.6 Å². The van der Waals surface area contributed by atoms with Crippen molar-refractivity contribution >= 4 is 55.8 Å². The van der Waals surface area contributed by atoms with Crippen LogP contribution in [0.2, 0.25) is 5.02 Å². The summed E-state index contributed by atoms with van der Waals surface area (Å²) in [6, 6.07) is 5.97. The second-order valence-electron chi connectivity index (χ2n) is 7.43. The van der Waals surface area contributed by atoms with Crippen LogP contribution >= 0.6 is 22.9 Å². The van der Waals surface area contributed by atoms with Crippen LogP contribution in [0.5, 0.6) is 0 Å². The number of thiophene rings is 1. The summed E-state index contributed by atoms with van der Waals surface area (Å²) in [7, 11) is -1.22. The molecule has 10 nitrogen and oxygen atoms in total. The number of carbonyl (C=O) groups is 3. The Bertz CT molecular complexity index is 1190. The number of benzene rings is 1. The van der Waals surface area contributed by atoms with Gasteiger partial charge in [-0.2, -0.15) is 4.31 Å². The van der Waals surface area contributed by atoms with E-state index in [1.807, 2.05) is 4.90 Å². The molecule has 1 aliphatic heterocycles. The van der Waals surface area contributed by atoms with E-state index in [1.54, 1.807) is 6.92 Å². The maximum atomic E-state index is 12.8. The number of anilines is 1. The Morgan fingerprint density at radius 3 is 2.18 bits per heavy atom. The number of piperazine rings is 1. The summed E-state index contributed by atoms with van der Waals surface area (Å²) in [5.41, 5.74) is 0.458. The first-order chi connectivity index (χ1) is 16.1. The first-order valence-corrected chi connectivity index (χ1v) is 12.8. The fraction of sp³-hybridized carbons (Fsp3) is 0.381. The Labute approximate surface area is 206 Å². The van der Waals surface area contributed by atoms with Crippen LogP contribution in [0.15, 0.2) is 29.2 Å². The zero-order valence-corrected chi connectivity index (χ0v) is 21.2. The van der Waals surface area contributed by atoms with E-state index in [0.29, 0.717) is 23.7 Å². The van der Waals surface area contributed by atoms with E-state index >= 15 is 0 Å². The number of ether oxygens (including phenoxy) is 2. The molecule has 1 N–H and O–H groups in total. The van der Waals surface area contributed by atoms with Gasteiger partial charge in [0.25, 0.3) is 0 Å². The predicted molar refractivity (Wildman–Crippen MR) is 127 cm³/mol. The number of nitrogens with one attached hydrogen (secondary N) is 1. The second-order valence-corrected chi connectivity index (χ2v) is 10.8. The largest absolute Gasteiger partial charge is 0.465 e. The Balaban J connectivity index is 1.64. The van der Waals surface area contributed by atoms with Crippen molar-refractivity contribution in [1.29, 1.82) is 0 Å². The number of hydrogen-bond acceptors (Lipinski definition) is 9. The minimum Gasteiger partial charge on any atom is -0.465 e. The molecule has 184 valence electrons. The van der Waals surface area contributed by atoms with Crippen molar-refractivity contribution in [1.82, 2.24) is 9.21 Å². The minimum atomic E-state index is -3.66. The van der Waals surface area contributed by atoms with Gasteiger partial charge in [-0.1, -0.05) is 11.6 Å². The van der Waals surface area contributed by atoms with Crippen molar-refractivity contribution in [2.24, 2.45) is 0 Å². The van der Waals surface area contributed by atoms with Crippen molar-refractivity contribution in [3.8, 4) is 0 Å². The number of rotatable bonds is 7. The topological polar surface area (TPSA) is 122 Å². The predicted octanol–water partition coefficient (Wildman–Crippen LogP) is 2.23. The Kier molecular flexibility index (Phi) is 8.31. The number of carbonyl (C=O) groups excluding carboxylic acids is 3. The third-order valence-corrected chi connectivity index (χ3v) is 8.66. The lowest BCUT2D eigenvalue weighted by Gasteiger charge is -2.33. The summed E-state index contributed by atoms with van der Waals surface area (Å²) in [5, 5.41) is 3.31. The normalized spacial score (nSPS) is 15.1. The average Bonchev–Trinajstić information content (AvgIpc) is 3.14. The van der Waals surface area contributed by atoms with E-state index in [4.69, 9.17) is 21.1 Å². The van der Waals surface area contributed by atoms with Gasteiger partial charge in [0.05, 0.1) is 31.2 Å². The van der Waals surface area contributed by atoms with Crippen molar-refractivity contribution in [2.75, 3.05) is 52.3 Å². The maximum absolute atomic E-state index is 12.8. The number of methoxy groups -OCH3 is 2. The highest BCUT2D eigenvalue weighted by molar-refractivity contribution is 7.89. The van der Waals surface area contributed by atoms with Gasteiger partial charge in [0.2, 0.25) is 15.9 Å². The monoisotopic (exact) mass is 529 g/mol. The molecule has 0 atom stereocenters. The summed E-state index contributed by atoms with van der Waals surface area (Å²) in [6.07, 6.45) is 0. The first kappa shape index (κ1) is 26.1. The molecule has 1 fully saturated rings. The molecule has 0 unspecified atom stereocenters. The molecule has 0 aliphatic carbocycles. The number of halogens is 1. The smallest absolute Gasteiger partial charge is 0.348 e. The molecule has 1 aromatic heterocycles. The Morgan fingerprint density at radius 1 is 1.03 bits per heavy atom. The molecule has 1 aliphatic rings. The van der Waals surface area contributed by atoms with Crippen LogP contribution in [-0.4, -0.2) is 82.4 Å². The molecule has 0 radical (unpaired) electrons. The third-order valence-electron chi connectivity index (χ3n) is 5.31. The molecular weight excluding hydrogens is 506 g/mol. The molecular formula is C21H24ClN3O7S2. The summed E-state index contributed by atoms with van der Waals surface area (Å²) >= 11 is 6.77. The fourth-order valence-corrected chi connectivity index (χ4v) is 6.17. The van der Waals surface area contributed by atoms with Gasteiger partial charge in [0.1, 0.15) is 9.88 Å². The molecule has 1 aromatic carbocycles. The number of hydrogen-bond donors (Lipinski definition) is 1. The maximum Gasteiger partial charge on any atom is 0.348 e. The van der Waals surface area contributed by atoms with Gasteiger partial charge >= 0.3 is 11.9 Å². The van der Waals surface area contributed by atoms with E-state index in [0.717, 1.165) is 11.3 Å². The van der Waals surface area contributed by atoms with Gasteiger partial charge in [-0.3, -0.25) is 9.69 Å². The zero-order valence-electron chi connectivity index (χ0n) is 18.8. The summed E-state index contributed by atoms with van der Waals surface area (Å²) in [6.45, 7) is 2.69. The molecule has 1 saturated heterocycles. The molecule has 2 heterocycles. The van der Waals surface area contributed by atoms with Crippen LogP contribution in [-0.2, 0) is 24.3 Å². The molecule has 13 heteroatoms. The van der Waals surface area contributed by atoms with Gasteiger partial charge < -0.3 is 14.8 Å². The van der Waals surface area contributed by atoms with E-state index in [9.17, 15) is 22.8 Å². The van der Waals surface area contributed by atoms with Crippen LogP contribution < -0.4 is 5.32 Å². The highest BCUT2D eigenvalue weighted by Gasteiger charge is 2.30. The number of sulfonamides is 1. The van der Waals surface area contributed by atoms with Crippen molar-refractivity contribution in [3.05, 3.63) is 45.3 Å². The van der Waals surface area contributed by atoms with Crippen LogP contribution in [0.3, 0.4) is 0 Å². The van der Waals surface area contributed by atoms with Crippen molar-refractivity contribution in [3.63, 3.8) is 0 Å². The molecule has 0 saturated carbocycles. The quantitative estimate of drug-likeness (QED) is 0.542. The lowest BCUT2D eigenvalue weighted by Crippen LogP contribution is -2.50. The first-order valence-electron chi connectivity index (χ1n) is 10.2. The summed E-state index contributed by atoms with van der Waals surface area (Å²) in [5.74, 6) is -1.71. The van der Waals surface area contributed by atoms with Crippen molar-refractivity contribution < 1.29 is 32.3 Å². The van der Waals surface area contributed by atoms with Crippen LogP contribution in [0, 0.1) is 6.92 Å². The molecule has 34 heavy (non-hydrogen) atoms. The lowest BCUT2D eigenvalue weighted by molar-refractivity contribution is -0.117. The van der Waals surface area contributed by atoms with Gasteiger partial charge in [-0.25, -0.2) is 18.0 Å². The van der Waals surface area contributed by atoms with Gasteiger partial charge in [0.15, 0.2) is 0 Å². The minimum absolute atomic E-state index is 0.0139. The Hall–Kier alpha value is -2.51. The average molecular weight is 530 g/mol. The standard InChI is InChI=1S/C21H24ClN3O7S2/c1-13-17(20(27)31-2)19(33-18(13)21(28)32-3)23-16(26)12-24-8-10-25(11-9-24)34(29,30)15-6-4-14(22)5-7-15/h4-7H,8-12H2,1-3H3,(H,23,26). The number of esters is 2. The van der Waals surface area contributed by atoms with Gasteiger partial charge in [0, 0.05) is 31.2 Å². The van der Waals surface area contributed by atoms with Crippen molar-refractivity contribution in [2.45, 2.75) is 11.8 Å². The third kappa shape index (κ3) is 5.58. The van der Waals surface area contributed by atoms with E-state index in [-0.39, 0.29) is 40.0 Å². The van der Waals surface area contributed by atoms with Crippen LogP contribution in [0.25, 0.3) is 0 Å². The molecule has 0 bridgehead atoms. The molecule has 1 amide bonds. The highest BCUT2D eigenvalue weighted by Crippen LogP contribution is 2.34. The number of nitrogens with zero attached hydrogens (tertiary/aromatic N) is 2. The lowest BCUT2D eigenvalue weighted by atomic mass is 10.1. The second kappa shape index (κ2) is 10.8. The SMILES string of the molecule is COC(=O)c1sc(NC(=O)CN2CCN(S(=O)(=O)c3ccc(Cl)cc3)CC2)c(C(=O)OC)c1C. The number of amides is 1. The molecule has 0 spiro atoms. The van der Waals surface area contributed by atoms with Gasteiger partial charge in [-0.05, 0) is 36.8 Å². The van der Waals surface area contributed by atoms with E-state index in [2.05, 4.69) is 5.32 Å². The summed E-state index contributed by atoms with van der Waals surface area (Å²) < 4.78 is 36.5. The molecule has 2 aromatic rings. The summed E-state index contributed by atoms with van der Waals surface area (Å²) in [4.78, 5) is 39.1. The van der Waals surface area contributed by atoms with Crippen LogP contribution in [0.4, 0.5) is 5.00 Å². The molecule has 3 rings (SSSR count). The fourth-order valence-electron chi connectivity index (χ4n) is 3.49. The zero-order chi connectivity index (χ0) is 25.0. The van der Waals surface area contributed by atoms with Gasteiger partial charge in [-0.15, -0.1) is 11.3 Å². The van der Waals surface area contributed by atoms with E-state index in [1.165, 1.54) is 42.8 Å². The highest BCUT2D eigenvalue weighted by atomic mass is 35.5.